The quantitative estimate of drug-likeness (QED) is 0.647. The number of ether oxygens (including phenoxy) is 4. The fraction of sp³-hybridized carbons (Fsp3) is 0.680. The van der Waals surface area contributed by atoms with Crippen LogP contribution in [0.4, 0.5) is 10.5 Å². The van der Waals surface area contributed by atoms with Crippen molar-refractivity contribution in [3.05, 3.63) is 17.7 Å². The molecule has 178 valence electrons. The molecule has 1 amide bonds. The molecule has 1 aromatic rings. The SMILES string of the molecule is COC(=O)C1CC23CCCN4CCC5(c6ccc(OC)c(OC)c6N(C(=O)OC)C15CC2)C43. The highest BCUT2D eigenvalue weighted by molar-refractivity contribution is 5.99. The molecule has 0 radical (unpaired) electrons. The molecule has 3 heterocycles. The Morgan fingerprint density at radius 2 is 1.79 bits per heavy atom. The minimum Gasteiger partial charge on any atom is -0.493 e. The molecule has 0 N–H and O–H groups in total. The van der Waals surface area contributed by atoms with Gasteiger partial charge in [0.15, 0.2) is 11.5 Å². The molecule has 7 rings (SSSR count). The van der Waals surface area contributed by atoms with E-state index in [2.05, 4.69) is 11.0 Å². The van der Waals surface area contributed by atoms with Crippen molar-refractivity contribution in [2.24, 2.45) is 11.3 Å². The fourth-order valence-electron chi connectivity index (χ4n) is 9.01. The molecule has 0 aromatic heterocycles. The molecular formula is C25H32N2O6. The van der Waals surface area contributed by atoms with Crippen LogP contribution in [0.2, 0.25) is 0 Å². The number of rotatable bonds is 3. The van der Waals surface area contributed by atoms with E-state index < -0.39 is 17.6 Å². The number of anilines is 1. The van der Waals surface area contributed by atoms with Gasteiger partial charge in [0.05, 0.1) is 45.6 Å². The van der Waals surface area contributed by atoms with Crippen molar-refractivity contribution in [3.8, 4) is 11.5 Å². The number of benzene rings is 1. The van der Waals surface area contributed by atoms with Gasteiger partial charge in [-0.15, -0.1) is 0 Å². The highest BCUT2D eigenvalue weighted by Crippen LogP contribution is 2.77. The number of hydrogen-bond donors (Lipinski definition) is 0. The van der Waals surface area contributed by atoms with Crippen LogP contribution in [0.5, 0.6) is 11.5 Å². The zero-order valence-electron chi connectivity index (χ0n) is 19.8. The van der Waals surface area contributed by atoms with Gasteiger partial charge < -0.3 is 18.9 Å². The molecule has 3 spiro atoms. The number of fused-ring (bicyclic) bond motifs is 3. The summed E-state index contributed by atoms with van der Waals surface area (Å²) >= 11 is 0. The molecule has 5 fully saturated rings. The number of piperidine rings is 1. The van der Waals surface area contributed by atoms with Crippen LogP contribution >= 0.6 is 0 Å². The van der Waals surface area contributed by atoms with Crippen molar-refractivity contribution in [1.29, 1.82) is 0 Å². The third-order valence-electron chi connectivity index (χ3n) is 9.75. The molecule has 2 bridgehead atoms. The standard InChI is InChI=1S/C25H32N2O6/c1-30-17-7-6-15-18(19(17)31-2)27(22(29)33-4)25-10-9-23(14-16(25)20(28)32-3)8-5-12-26-13-11-24(15,25)21(23)26/h6-7,16,21H,5,8-14H2,1-4H3. The summed E-state index contributed by atoms with van der Waals surface area (Å²) in [7, 11) is 6.06. The van der Waals surface area contributed by atoms with Crippen LogP contribution in [0.25, 0.3) is 0 Å². The van der Waals surface area contributed by atoms with Gasteiger partial charge in [-0.3, -0.25) is 14.6 Å². The predicted octanol–water partition coefficient (Wildman–Crippen LogP) is 3.11. The molecule has 33 heavy (non-hydrogen) atoms. The summed E-state index contributed by atoms with van der Waals surface area (Å²) in [6.07, 6.45) is 5.16. The minimum absolute atomic E-state index is 0.0475. The van der Waals surface area contributed by atoms with E-state index in [1.807, 2.05) is 6.07 Å². The Kier molecular flexibility index (Phi) is 4.33. The van der Waals surface area contributed by atoms with Crippen molar-refractivity contribution in [2.75, 3.05) is 46.4 Å². The summed E-state index contributed by atoms with van der Waals surface area (Å²) in [5.41, 5.74) is 0.686. The predicted molar refractivity (Wildman–Crippen MR) is 120 cm³/mol. The third-order valence-corrected chi connectivity index (χ3v) is 9.75. The summed E-state index contributed by atoms with van der Waals surface area (Å²) < 4.78 is 22.3. The van der Waals surface area contributed by atoms with E-state index >= 15 is 0 Å². The molecule has 3 aliphatic heterocycles. The Hall–Kier alpha value is -2.48. The van der Waals surface area contributed by atoms with E-state index in [9.17, 15) is 9.59 Å². The molecule has 5 unspecified atom stereocenters. The molecule has 3 aliphatic carbocycles. The lowest BCUT2D eigenvalue weighted by Crippen LogP contribution is -2.79. The van der Waals surface area contributed by atoms with E-state index in [4.69, 9.17) is 18.9 Å². The average molecular weight is 457 g/mol. The lowest BCUT2D eigenvalue weighted by molar-refractivity contribution is -0.174. The smallest absolute Gasteiger partial charge is 0.414 e. The van der Waals surface area contributed by atoms with Crippen LogP contribution in [0.15, 0.2) is 12.1 Å². The number of carbonyl (C=O) groups is 2. The van der Waals surface area contributed by atoms with Crippen molar-refractivity contribution >= 4 is 17.7 Å². The number of carbonyl (C=O) groups excluding carboxylic acids is 2. The molecule has 2 saturated heterocycles. The molecule has 1 aromatic carbocycles. The van der Waals surface area contributed by atoms with Crippen LogP contribution in [-0.4, -0.2) is 70.1 Å². The Morgan fingerprint density at radius 3 is 2.48 bits per heavy atom. The van der Waals surface area contributed by atoms with Gasteiger partial charge in [0.2, 0.25) is 0 Å². The maximum Gasteiger partial charge on any atom is 0.414 e. The first kappa shape index (κ1) is 21.1. The van der Waals surface area contributed by atoms with Crippen LogP contribution in [0.3, 0.4) is 0 Å². The van der Waals surface area contributed by atoms with Gasteiger partial charge in [0.1, 0.15) is 0 Å². The van der Waals surface area contributed by atoms with Gasteiger partial charge in [-0.2, -0.15) is 0 Å². The molecule has 8 nitrogen and oxygen atoms in total. The van der Waals surface area contributed by atoms with E-state index in [1.54, 1.807) is 19.1 Å². The topological polar surface area (TPSA) is 77.5 Å². The maximum absolute atomic E-state index is 13.6. The van der Waals surface area contributed by atoms with Crippen LogP contribution < -0.4 is 14.4 Å². The third kappa shape index (κ3) is 2.13. The maximum atomic E-state index is 13.6. The summed E-state index contributed by atoms with van der Waals surface area (Å²) in [5.74, 6) is 0.430. The van der Waals surface area contributed by atoms with Gasteiger partial charge in [-0.25, -0.2) is 4.79 Å². The van der Waals surface area contributed by atoms with Crippen molar-refractivity contribution < 1.29 is 28.5 Å². The first-order valence-corrected chi connectivity index (χ1v) is 11.9. The number of esters is 1. The molecule has 3 saturated carbocycles. The number of nitrogens with zero attached hydrogens (tertiary/aromatic N) is 2. The van der Waals surface area contributed by atoms with Crippen LogP contribution in [0, 0.1) is 11.3 Å². The van der Waals surface area contributed by atoms with Gasteiger partial charge in [-0.1, -0.05) is 6.07 Å². The first-order valence-electron chi connectivity index (χ1n) is 11.9. The van der Waals surface area contributed by atoms with Gasteiger partial charge in [0.25, 0.3) is 0 Å². The van der Waals surface area contributed by atoms with E-state index in [1.165, 1.54) is 14.2 Å². The Labute approximate surface area is 194 Å². The van der Waals surface area contributed by atoms with Crippen molar-refractivity contribution in [3.63, 3.8) is 0 Å². The number of methoxy groups -OCH3 is 4. The van der Waals surface area contributed by atoms with Crippen molar-refractivity contribution in [1.82, 2.24) is 4.90 Å². The number of hydrogen-bond acceptors (Lipinski definition) is 7. The second kappa shape index (κ2) is 6.78. The van der Waals surface area contributed by atoms with Gasteiger partial charge >= 0.3 is 12.1 Å². The van der Waals surface area contributed by atoms with E-state index in [0.29, 0.717) is 17.2 Å². The summed E-state index contributed by atoms with van der Waals surface area (Å²) in [6.45, 7) is 2.03. The summed E-state index contributed by atoms with van der Waals surface area (Å²) in [6, 6.07) is 4.32. The lowest BCUT2D eigenvalue weighted by atomic mass is 9.38. The molecule has 6 aliphatic rings. The second-order valence-corrected chi connectivity index (χ2v) is 10.3. The summed E-state index contributed by atoms with van der Waals surface area (Å²) in [5, 5.41) is 0. The Bertz CT molecular complexity index is 1040. The van der Waals surface area contributed by atoms with E-state index in [0.717, 1.165) is 57.2 Å². The van der Waals surface area contributed by atoms with Gasteiger partial charge in [0, 0.05) is 11.5 Å². The largest absolute Gasteiger partial charge is 0.493 e. The first-order chi connectivity index (χ1) is 16.0. The average Bonchev–Trinajstić information content (AvgIpc) is 3.38. The zero-order chi connectivity index (χ0) is 23.2. The monoisotopic (exact) mass is 456 g/mol. The van der Waals surface area contributed by atoms with Crippen molar-refractivity contribution in [2.45, 2.75) is 55.5 Å². The molecule has 8 heteroatoms. The second-order valence-electron chi connectivity index (χ2n) is 10.3. The molecular weight excluding hydrogens is 424 g/mol. The van der Waals surface area contributed by atoms with E-state index in [-0.39, 0.29) is 22.8 Å². The number of amides is 1. The Morgan fingerprint density at radius 1 is 0.970 bits per heavy atom. The van der Waals surface area contributed by atoms with Crippen LogP contribution in [0.1, 0.15) is 44.1 Å². The zero-order valence-corrected chi connectivity index (χ0v) is 19.8. The normalized spacial score (nSPS) is 37.8. The lowest BCUT2D eigenvalue weighted by Gasteiger charge is -2.69. The highest BCUT2D eigenvalue weighted by Gasteiger charge is 2.82. The van der Waals surface area contributed by atoms with Crippen LogP contribution in [-0.2, 0) is 19.7 Å². The fourth-order valence-corrected chi connectivity index (χ4v) is 9.01. The van der Waals surface area contributed by atoms with Gasteiger partial charge in [-0.05, 0) is 68.7 Å². The summed E-state index contributed by atoms with van der Waals surface area (Å²) in [4.78, 5) is 31.5. The highest BCUT2D eigenvalue weighted by atomic mass is 16.5. The minimum atomic E-state index is -0.756. The molecule has 5 atom stereocenters. The Balaban J connectivity index is 1.72.